The molecule has 3 rings (SSSR count). The molecule has 2 atom stereocenters. The summed E-state index contributed by atoms with van der Waals surface area (Å²) in [5, 5.41) is 3.49. The van der Waals surface area contributed by atoms with Crippen molar-refractivity contribution in [1.29, 1.82) is 0 Å². The molecule has 1 aromatic heterocycles. The fraction of sp³-hybridized carbons (Fsp3) is 0.692. The van der Waals surface area contributed by atoms with Crippen LogP contribution in [-0.4, -0.2) is 36.1 Å². The number of hydrogen-bond donors (Lipinski definition) is 1. The van der Waals surface area contributed by atoms with Gasteiger partial charge in [0.25, 0.3) is 0 Å². The summed E-state index contributed by atoms with van der Waals surface area (Å²) >= 11 is 0. The highest BCUT2D eigenvalue weighted by Crippen LogP contribution is 2.28. The maximum absolute atomic E-state index is 4.57. The maximum atomic E-state index is 4.57. The van der Waals surface area contributed by atoms with Crippen molar-refractivity contribution >= 4 is 5.95 Å². The average Bonchev–Trinajstić information content (AvgIpc) is 2.74. The minimum Gasteiger partial charge on any atom is -0.340 e. The van der Waals surface area contributed by atoms with E-state index in [1.165, 1.54) is 13.0 Å². The Balaban J connectivity index is 1.80. The van der Waals surface area contributed by atoms with Gasteiger partial charge in [0.1, 0.15) is 0 Å². The number of hydrogen-bond acceptors (Lipinski definition) is 4. The van der Waals surface area contributed by atoms with Gasteiger partial charge in [-0.05, 0) is 51.3 Å². The lowest BCUT2D eigenvalue weighted by molar-refractivity contribution is 0.346. The summed E-state index contributed by atoms with van der Waals surface area (Å²) in [6, 6.07) is 2.04. The minimum absolute atomic E-state index is 0.785. The van der Waals surface area contributed by atoms with Crippen LogP contribution in [-0.2, 0) is 0 Å². The predicted molar refractivity (Wildman–Crippen MR) is 68.2 cm³/mol. The molecule has 17 heavy (non-hydrogen) atoms. The lowest BCUT2D eigenvalue weighted by Crippen LogP contribution is -2.41. The minimum atomic E-state index is 0.785. The maximum Gasteiger partial charge on any atom is 0.225 e. The van der Waals surface area contributed by atoms with Crippen LogP contribution in [0.15, 0.2) is 6.07 Å². The van der Waals surface area contributed by atoms with Crippen LogP contribution < -0.4 is 10.2 Å². The quantitative estimate of drug-likeness (QED) is 0.788. The van der Waals surface area contributed by atoms with Crippen LogP contribution in [0.5, 0.6) is 0 Å². The van der Waals surface area contributed by atoms with Gasteiger partial charge in [0.2, 0.25) is 5.95 Å². The number of anilines is 1. The molecule has 0 aliphatic carbocycles. The molecule has 4 heteroatoms. The van der Waals surface area contributed by atoms with E-state index in [1.54, 1.807) is 0 Å². The Morgan fingerprint density at radius 2 is 1.88 bits per heavy atom. The molecule has 2 fully saturated rings. The van der Waals surface area contributed by atoms with E-state index in [0.717, 1.165) is 48.8 Å². The standard InChI is InChI=1S/C13H20N4/c1-9-5-10(2)16-13(15-9)17-4-3-11-6-14-7-12(11)8-17/h5,11-12,14H,3-4,6-8H2,1-2H3. The van der Waals surface area contributed by atoms with Crippen LogP contribution in [0, 0.1) is 25.7 Å². The van der Waals surface area contributed by atoms with Crippen LogP contribution in [0.3, 0.4) is 0 Å². The molecule has 4 nitrogen and oxygen atoms in total. The number of rotatable bonds is 1. The topological polar surface area (TPSA) is 41.1 Å². The van der Waals surface area contributed by atoms with E-state index in [1.807, 2.05) is 19.9 Å². The van der Waals surface area contributed by atoms with Gasteiger partial charge in [0, 0.05) is 24.5 Å². The monoisotopic (exact) mass is 232 g/mol. The van der Waals surface area contributed by atoms with Crippen molar-refractivity contribution in [1.82, 2.24) is 15.3 Å². The van der Waals surface area contributed by atoms with Gasteiger partial charge in [-0.3, -0.25) is 0 Å². The largest absolute Gasteiger partial charge is 0.340 e. The Hall–Kier alpha value is -1.16. The van der Waals surface area contributed by atoms with Gasteiger partial charge in [0.15, 0.2) is 0 Å². The molecule has 0 amide bonds. The molecule has 3 heterocycles. The van der Waals surface area contributed by atoms with Crippen molar-refractivity contribution in [3.05, 3.63) is 17.5 Å². The Bertz CT molecular complexity index is 398. The van der Waals surface area contributed by atoms with Gasteiger partial charge in [-0.25, -0.2) is 9.97 Å². The summed E-state index contributed by atoms with van der Waals surface area (Å²) in [5.74, 6) is 2.58. The Kier molecular flexibility index (Phi) is 2.74. The number of fused-ring (bicyclic) bond motifs is 1. The first-order valence-electron chi connectivity index (χ1n) is 6.50. The number of nitrogens with zero attached hydrogens (tertiary/aromatic N) is 3. The zero-order valence-electron chi connectivity index (χ0n) is 10.6. The molecular weight excluding hydrogens is 212 g/mol. The van der Waals surface area contributed by atoms with Gasteiger partial charge >= 0.3 is 0 Å². The number of aryl methyl sites for hydroxylation is 2. The molecule has 2 aliphatic heterocycles. The second-order valence-electron chi connectivity index (χ2n) is 5.36. The molecule has 0 radical (unpaired) electrons. The average molecular weight is 232 g/mol. The third-order valence-corrected chi connectivity index (χ3v) is 3.96. The molecule has 0 saturated carbocycles. The zero-order valence-corrected chi connectivity index (χ0v) is 10.6. The van der Waals surface area contributed by atoms with Gasteiger partial charge in [-0.2, -0.15) is 0 Å². The lowest BCUT2D eigenvalue weighted by Gasteiger charge is -2.34. The van der Waals surface area contributed by atoms with Crippen molar-refractivity contribution in [2.45, 2.75) is 20.3 Å². The third kappa shape index (κ3) is 2.14. The third-order valence-electron chi connectivity index (χ3n) is 3.96. The van der Waals surface area contributed by atoms with Crippen molar-refractivity contribution in [3.8, 4) is 0 Å². The molecule has 1 N–H and O–H groups in total. The van der Waals surface area contributed by atoms with Gasteiger partial charge in [-0.15, -0.1) is 0 Å². The summed E-state index contributed by atoms with van der Waals surface area (Å²) in [7, 11) is 0. The van der Waals surface area contributed by atoms with Crippen molar-refractivity contribution in [2.24, 2.45) is 11.8 Å². The van der Waals surface area contributed by atoms with E-state index in [-0.39, 0.29) is 0 Å². The van der Waals surface area contributed by atoms with Crippen LogP contribution >= 0.6 is 0 Å². The van der Waals surface area contributed by atoms with E-state index in [4.69, 9.17) is 0 Å². The van der Waals surface area contributed by atoms with Crippen LogP contribution in [0.4, 0.5) is 5.95 Å². The second-order valence-corrected chi connectivity index (χ2v) is 5.36. The first kappa shape index (κ1) is 11.0. The first-order chi connectivity index (χ1) is 8.22. The van der Waals surface area contributed by atoms with Gasteiger partial charge in [0.05, 0.1) is 0 Å². The van der Waals surface area contributed by atoms with Gasteiger partial charge in [-0.1, -0.05) is 0 Å². The SMILES string of the molecule is Cc1cc(C)nc(N2CCC3CNCC3C2)n1. The molecule has 92 valence electrons. The molecule has 0 bridgehead atoms. The highest BCUT2D eigenvalue weighted by Gasteiger charge is 2.33. The van der Waals surface area contributed by atoms with Crippen molar-refractivity contribution in [3.63, 3.8) is 0 Å². The highest BCUT2D eigenvalue weighted by atomic mass is 15.3. The molecule has 1 aromatic rings. The normalized spacial score (nSPS) is 28.2. The van der Waals surface area contributed by atoms with Crippen LogP contribution in [0.25, 0.3) is 0 Å². The summed E-state index contributed by atoms with van der Waals surface area (Å²) in [6.45, 7) is 8.66. The fourth-order valence-corrected chi connectivity index (χ4v) is 3.07. The summed E-state index contributed by atoms with van der Waals surface area (Å²) in [4.78, 5) is 11.5. The Morgan fingerprint density at radius 3 is 2.65 bits per heavy atom. The number of aromatic nitrogens is 2. The first-order valence-corrected chi connectivity index (χ1v) is 6.50. The molecule has 2 saturated heterocycles. The van der Waals surface area contributed by atoms with E-state index in [2.05, 4.69) is 20.2 Å². The Labute approximate surface area is 102 Å². The summed E-state index contributed by atoms with van der Waals surface area (Å²) in [6.07, 6.45) is 1.27. The molecular formula is C13H20N4. The van der Waals surface area contributed by atoms with Crippen LogP contribution in [0.1, 0.15) is 17.8 Å². The van der Waals surface area contributed by atoms with E-state index in [9.17, 15) is 0 Å². The number of nitrogens with one attached hydrogen (secondary N) is 1. The summed E-state index contributed by atoms with van der Waals surface area (Å²) in [5.41, 5.74) is 2.14. The fourth-order valence-electron chi connectivity index (χ4n) is 3.07. The smallest absolute Gasteiger partial charge is 0.225 e. The zero-order chi connectivity index (χ0) is 11.8. The van der Waals surface area contributed by atoms with Crippen molar-refractivity contribution < 1.29 is 0 Å². The summed E-state index contributed by atoms with van der Waals surface area (Å²) < 4.78 is 0. The van der Waals surface area contributed by atoms with Crippen LogP contribution in [0.2, 0.25) is 0 Å². The number of piperidine rings is 1. The predicted octanol–water partition coefficient (Wildman–Crippen LogP) is 1.14. The van der Waals surface area contributed by atoms with Crippen molar-refractivity contribution in [2.75, 3.05) is 31.1 Å². The molecule has 2 unspecified atom stereocenters. The Morgan fingerprint density at radius 1 is 1.18 bits per heavy atom. The van der Waals surface area contributed by atoms with Gasteiger partial charge < -0.3 is 10.2 Å². The van der Waals surface area contributed by atoms with E-state index >= 15 is 0 Å². The second kappa shape index (κ2) is 4.26. The molecule has 0 spiro atoms. The molecule has 2 aliphatic rings. The lowest BCUT2D eigenvalue weighted by atomic mass is 9.89. The van der Waals surface area contributed by atoms with E-state index < -0.39 is 0 Å². The highest BCUT2D eigenvalue weighted by molar-refractivity contribution is 5.33. The van der Waals surface area contributed by atoms with E-state index in [0.29, 0.717) is 0 Å². The molecule has 0 aromatic carbocycles.